The molecule has 0 saturated carbocycles. The fraction of sp³-hybridized carbons (Fsp3) is 0.500. The van der Waals surface area contributed by atoms with Gasteiger partial charge in [-0.15, -0.1) is 0 Å². The molecule has 1 aliphatic rings. The van der Waals surface area contributed by atoms with Crippen LogP contribution >= 0.6 is 0 Å². The number of rotatable bonds is 0. The first-order chi connectivity index (χ1) is 4.55. The van der Waals surface area contributed by atoms with Crippen LogP contribution in [0, 0.1) is 5.41 Å². The maximum absolute atomic E-state index is 10.9. The zero-order valence-electron chi connectivity index (χ0n) is 5.75. The summed E-state index contributed by atoms with van der Waals surface area (Å²) in [6.45, 7) is 3.01. The Morgan fingerprint density at radius 1 is 1.50 bits per heavy atom. The summed E-state index contributed by atoms with van der Waals surface area (Å²) >= 11 is 0. The van der Waals surface area contributed by atoms with Crippen LogP contribution in [0.1, 0.15) is 13.8 Å². The highest BCUT2D eigenvalue weighted by Gasteiger charge is 2.39. The van der Waals surface area contributed by atoms with E-state index in [1.54, 1.807) is 0 Å². The van der Waals surface area contributed by atoms with E-state index in [9.17, 15) is 9.59 Å². The van der Waals surface area contributed by atoms with Gasteiger partial charge in [-0.1, -0.05) is 5.16 Å². The second-order valence-corrected chi connectivity index (χ2v) is 2.60. The molecule has 0 radical (unpaired) electrons. The lowest BCUT2D eigenvalue weighted by Crippen LogP contribution is -2.38. The van der Waals surface area contributed by atoms with Gasteiger partial charge in [0.05, 0.1) is 0 Å². The number of ketones is 1. The Morgan fingerprint density at radius 3 is 2.50 bits per heavy atom. The quantitative estimate of drug-likeness (QED) is 0.355. The van der Waals surface area contributed by atoms with Crippen molar-refractivity contribution in [2.75, 3.05) is 0 Å². The van der Waals surface area contributed by atoms with E-state index >= 15 is 0 Å². The Morgan fingerprint density at radius 2 is 2.10 bits per heavy atom. The van der Waals surface area contributed by atoms with Gasteiger partial charge < -0.3 is 4.84 Å². The van der Waals surface area contributed by atoms with Crippen molar-refractivity contribution >= 4 is 18.0 Å². The Hall–Kier alpha value is -1.19. The summed E-state index contributed by atoms with van der Waals surface area (Å²) in [6.07, 6.45) is 1.02. The van der Waals surface area contributed by atoms with Gasteiger partial charge in [0.2, 0.25) is 0 Å². The molecule has 0 aromatic carbocycles. The van der Waals surface area contributed by atoms with Gasteiger partial charge in [0.1, 0.15) is 11.6 Å². The van der Waals surface area contributed by atoms with Gasteiger partial charge >= 0.3 is 5.97 Å². The Labute approximate surface area is 57.8 Å². The van der Waals surface area contributed by atoms with Crippen LogP contribution < -0.4 is 0 Å². The fourth-order valence-electron chi connectivity index (χ4n) is 0.498. The molecule has 0 aromatic rings. The Bertz CT molecular complexity index is 217. The molecular formula is C6H7NO3. The molecule has 4 nitrogen and oxygen atoms in total. The molecule has 0 aliphatic carbocycles. The van der Waals surface area contributed by atoms with Crippen molar-refractivity contribution in [1.82, 2.24) is 0 Å². The largest absolute Gasteiger partial charge is 0.348 e. The third-order valence-electron chi connectivity index (χ3n) is 1.43. The smallest absolute Gasteiger partial charge is 0.317 e. The van der Waals surface area contributed by atoms with E-state index in [2.05, 4.69) is 9.99 Å². The van der Waals surface area contributed by atoms with E-state index in [4.69, 9.17) is 0 Å². The molecule has 0 saturated heterocycles. The standard InChI is InChI=1S/C6H7NO3/c1-6(2)4(8)3-7-10-5(6)9/h3H,1-2H3. The highest BCUT2D eigenvalue weighted by atomic mass is 16.7. The van der Waals surface area contributed by atoms with Gasteiger partial charge in [0.15, 0.2) is 5.78 Å². The van der Waals surface area contributed by atoms with Crippen molar-refractivity contribution in [2.24, 2.45) is 10.6 Å². The molecule has 0 spiro atoms. The van der Waals surface area contributed by atoms with Gasteiger partial charge in [-0.05, 0) is 13.8 Å². The lowest BCUT2D eigenvalue weighted by Gasteiger charge is -2.18. The maximum Gasteiger partial charge on any atom is 0.348 e. The first-order valence-electron chi connectivity index (χ1n) is 2.84. The van der Waals surface area contributed by atoms with Gasteiger partial charge in [0, 0.05) is 0 Å². The van der Waals surface area contributed by atoms with Crippen LogP contribution in [0.2, 0.25) is 0 Å². The summed E-state index contributed by atoms with van der Waals surface area (Å²) < 4.78 is 0. The number of carbonyl (C=O) groups excluding carboxylic acids is 2. The van der Waals surface area contributed by atoms with E-state index in [1.165, 1.54) is 13.8 Å². The normalized spacial score (nSPS) is 22.6. The van der Waals surface area contributed by atoms with Crippen LogP contribution in [-0.2, 0) is 14.4 Å². The van der Waals surface area contributed by atoms with E-state index in [0.717, 1.165) is 6.21 Å². The number of carbonyl (C=O) groups is 2. The molecule has 1 rings (SSSR count). The highest BCUT2D eigenvalue weighted by molar-refractivity contribution is 6.35. The van der Waals surface area contributed by atoms with E-state index < -0.39 is 11.4 Å². The molecule has 10 heavy (non-hydrogen) atoms. The maximum atomic E-state index is 10.9. The predicted octanol–water partition coefficient (Wildman–Crippen LogP) is 0.124. The minimum absolute atomic E-state index is 0.316. The van der Waals surface area contributed by atoms with Gasteiger partial charge in [-0.3, -0.25) is 4.79 Å². The number of nitrogens with zero attached hydrogens (tertiary/aromatic N) is 1. The van der Waals surface area contributed by atoms with E-state index in [0.29, 0.717) is 0 Å². The van der Waals surface area contributed by atoms with Crippen molar-refractivity contribution in [3.05, 3.63) is 0 Å². The van der Waals surface area contributed by atoms with Crippen molar-refractivity contribution < 1.29 is 14.4 Å². The minimum Gasteiger partial charge on any atom is -0.317 e. The van der Waals surface area contributed by atoms with Crippen molar-refractivity contribution in [1.29, 1.82) is 0 Å². The molecular weight excluding hydrogens is 134 g/mol. The zero-order chi connectivity index (χ0) is 7.78. The van der Waals surface area contributed by atoms with Crippen LogP contribution in [0.15, 0.2) is 5.16 Å². The van der Waals surface area contributed by atoms with Crippen molar-refractivity contribution in [3.63, 3.8) is 0 Å². The van der Waals surface area contributed by atoms with Crippen LogP contribution in [0.3, 0.4) is 0 Å². The minimum atomic E-state index is -1.05. The van der Waals surface area contributed by atoms with Crippen LogP contribution in [0.25, 0.3) is 0 Å². The second-order valence-electron chi connectivity index (χ2n) is 2.60. The number of Topliss-reactive ketones (excluding diaryl/α,β-unsaturated/α-hetero) is 1. The number of hydrogen-bond donors (Lipinski definition) is 0. The van der Waals surface area contributed by atoms with Crippen molar-refractivity contribution in [3.8, 4) is 0 Å². The molecule has 0 fully saturated rings. The molecule has 0 aromatic heterocycles. The zero-order valence-corrected chi connectivity index (χ0v) is 5.75. The van der Waals surface area contributed by atoms with Gasteiger partial charge in [0.25, 0.3) is 0 Å². The fourth-order valence-corrected chi connectivity index (χ4v) is 0.498. The van der Waals surface area contributed by atoms with Crippen LogP contribution in [0.5, 0.6) is 0 Å². The van der Waals surface area contributed by atoms with Crippen LogP contribution in [0.4, 0.5) is 0 Å². The molecule has 54 valence electrons. The summed E-state index contributed by atoms with van der Waals surface area (Å²) in [7, 11) is 0. The summed E-state index contributed by atoms with van der Waals surface area (Å²) in [5, 5.41) is 3.11. The molecule has 1 aliphatic heterocycles. The summed E-state index contributed by atoms with van der Waals surface area (Å²) in [5.41, 5.74) is -1.05. The topological polar surface area (TPSA) is 55.7 Å². The summed E-state index contributed by atoms with van der Waals surface area (Å²) in [5.74, 6) is -0.913. The second kappa shape index (κ2) is 1.90. The first kappa shape index (κ1) is 6.92. The molecule has 0 unspecified atom stereocenters. The van der Waals surface area contributed by atoms with Gasteiger partial charge in [-0.2, -0.15) is 0 Å². The molecule has 0 N–H and O–H groups in total. The number of hydrogen-bond acceptors (Lipinski definition) is 4. The molecule has 0 bridgehead atoms. The predicted molar refractivity (Wildman–Crippen MR) is 33.4 cm³/mol. The first-order valence-corrected chi connectivity index (χ1v) is 2.84. The number of oxime groups is 1. The van der Waals surface area contributed by atoms with E-state index in [-0.39, 0.29) is 5.78 Å². The van der Waals surface area contributed by atoms with Crippen molar-refractivity contribution in [2.45, 2.75) is 13.8 Å². The molecule has 4 heteroatoms. The summed E-state index contributed by atoms with van der Waals surface area (Å²) in [6, 6.07) is 0. The Balaban J connectivity index is 3.00. The molecule has 0 atom stereocenters. The summed E-state index contributed by atoms with van der Waals surface area (Å²) in [4.78, 5) is 25.9. The third kappa shape index (κ3) is 0.814. The monoisotopic (exact) mass is 141 g/mol. The van der Waals surface area contributed by atoms with Crippen LogP contribution in [-0.4, -0.2) is 18.0 Å². The average Bonchev–Trinajstić information content (AvgIpc) is 1.84. The lowest BCUT2D eigenvalue weighted by atomic mass is 9.88. The molecule has 1 heterocycles. The highest BCUT2D eigenvalue weighted by Crippen LogP contribution is 2.20. The molecule has 0 amide bonds. The lowest BCUT2D eigenvalue weighted by molar-refractivity contribution is -0.158. The van der Waals surface area contributed by atoms with Gasteiger partial charge in [-0.25, -0.2) is 4.79 Å². The SMILES string of the molecule is CC1(C)C(=O)C=NOC1=O. The third-order valence-corrected chi connectivity index (χ3v) is 1.43. The van der Waals surface area contributed by atoms with E-state index in [1.807, 2.05) is 0 Å². The average molecular weight is 141 g/mol. The Kier molecular flexibility index (Phi) is 1.31.